The number of piperidine rings is 1. The molecule has 0 amide bonds. The van der Waals surface area contributed by atoms with Gasteiger partial charge in [0.1, 0.15) is 0 Å². The minimum atomic E-state index is 0.681. The molecule has 0 saturated carbocycles. The van der Waals surface area contributed by atoms with Crippen molar-refractivity contribution in [3.8, 4) is 0 Å². The van der Waals surface area contributed by atoms with Gasteiger partial charge in [-0.25, -0.2) is 0 Å². The quantitative estimate of drug-likeness (QED) is 0.740. The molecule has 96 valence electrons. The molecule has 0 aromatic rings. The number of nitrogens with zero attached hydrogens (tertiary/aromatic N) is 2. The molecule has 16 heavy (non-hydrogen) atoms. The average Bonchev–Trinajstić information content (AvgIpc) is 2.29. The first kappa shape index (κ1) is 13.9. The van der Waals surface area contributed by atoms with Crippen LogP contribution in [-0.4, -0.2) is 62.2 Å². The smallest absolute Gasteiger partial charge is 0.0192 e. The van der Waals surface area contributed by atoms with E-state index in [2.05, 4.69) is 43.1 Å². The molecular weight excluding hydrogens is 198 g/mol. The fraction of sp³-hybridized carbons (Fsp3) is 1.00. The van der Waals surface area contributed by atoms with E-state index in [0.29, 0.717) is 6.04 Å². The molecule has 0 aliphatic carbocycles. The van der Waals surface area contributed by atoms with Crippen molar-refractivity contribution in [1.82, 2.24) is 15.1 Å². The molecular formula is C13H29N3. The van der Waals surface area contributed by atoms with Crippen molar-refractivity contribution in [2.75, 3.05) is 40.3 Å². The molecule has 0 bridgehead atoms. The topological polar surface area (TPSA) is 18.5 Å². The fourth-order valence-electron chi connectivity index (χ4n) is 2.56. The van der Waals surface area contributed by atoms with Crippen molar-refractivity contribution in [1.29, 1.82) is 0 Å². The molecule has 1 N–H and O–H groups in total. The molecule has 0 aromatic carbocycles. The third kappa shape index (κ3) is 4.40. The van der Waals surface area contributed by atoms with Crippen LogP contribution >= 0.6 is 0 Å². The van der Waals surface area contributed by atoms with Gasteiger partial charge < -0.3 is 15.1 Å². The first-order chi connectivity index (χ1) is 7.67. The normalized spacial score (nSPS) is 21.6. The minimum absolute atomic E-state index is 0.681. The zero-order valence-electron chi connectivity index (χ0n) is 11.5. The number of rotatable bonds is 6. The fourth-order valence-corrected chi connectivity index (χ4v) is 2.56. The summed E-state index contributed by atoms with van der Waals surface area (Å²) in [6.45, 7) is 9.33. The van der Waals surface area contributed by atoms with E-state index in [1.807, 2.05) is 0 Å². The maximum absolute atomic E-state index is 3.56. The van der Waals surface area contributed by atoms with E-state index in [1.54, 1.807) is 0 Å². The second-order valence-electron chi connectivity index (χ2n) is 5.16. The number of likely N-dealkylation sites (tertiary alicyclic amines) is 1. The molecule has 3 nitrogen and oxygen atoms in total. The highest BCUT2D eigenvalue weighted by molar-refractivity contribution is 4.79. The molecule has 1 rings (SSSR count). The lowest BCUT2D eigenvalue weighted by Gasteiger charge is -2.36. The van der Waals surface area contributed by atoms with E-state index < -0.39 is 0 Å². The van der Waals surface area contributed by atoms with Crippen molar-refractivity contribution >= 4 is 0 Å². The maximum atomic E-state index is 3.56. The summed E-state index contributed by atoms with van der Waals surface area (Å²) < 4.78 is 0. The first-order valence-corrected chi connectivity index (χ1v) is 6.79. The highest BCUT2D eigenvalue weighted by atomic mass is 15.2. The van der Waals surface area contributed by atoms with Crippen LogP contribution in [0.15, 0.2) is 0 Å². The molecule has 1 fully saturated rings. The molecule has 1 heterocycles. The number of likely N-dealkylation sites (N-methyl/N-ethyl adjacent to an activating group) is 1. The Hall–Kier alpha value is -0.120. The Bertz CT molecular complexity index is 174. The summed E-state index contributed by atoms with van der Waals surface area (Å²) in [4.78, 5) is 5.00. The number of nitrogens with one attached hydrogen (secondary N) is 1. The predicted octanol–water partition coefficient (Wildman–Crippen LogP) is 1.40. The van der Waals surface area contributed by atoms with E-state index in [1.165, 1.54) is 38.9 Å². The van der Waals surface area contributed by atoms with Crippen molar-refractivity contribution in [3.05, 3.63) is 0 Å². The Kier molecular flexibility index (Phi) is 6.32. The van der Waals surface area contributed by atoms with Crippen molar-refractivity contribution in [2.24, 2.45) is 0 Å². The van der Waals surface area contributed by atoms with Crippen molar-refractivity contribution < 1.29 is 0 Å². The Morgan fingerprint density at radius 3 is 2.31 bits per heavy atom. The van der Waals surface area contributed by atoms with Gasteiger partial charge in [0.05, 0.1) is 0 Å². The van der Waals surface area contributed by atoms with E-state index >= 15 is 0 Å². The van der Waals surface area contributed by atoms with Crippen LogP contribution in [0, 0.1) is 0 Å². The summed E-state index contributed by atoms with van der Waals surface area (Å²) in [5.41, 5.74) is 0. The lowest BCUT2D eigenvalue weighted by atomic mass is 10.0. The molecule has 3 heteroatoms. The summed E-state index contributed by atoms with van der Waals surface area (Å²) >= 11 is 0. The SMILES string of the molecule is CCNC(CC)CN1CCC(N(C)C)CC1. The molecule has 1 aliphatic rings. The van der Waals surface area contributed by atoms with E-state index in [9.17, 15) is 0 Å². The van der Waals surface area contributed by atoms with Gasteiger partial charge in [0, 0.05) is 18.6 Å². The number of hydrogen-bond donors (Lipinski definition) is 1. The van der Waals surface area contributed by atoms with Gasteiger partial charge in [0.25, 0.3) is 0 Å². The highest BCUT2D eigenvalue weighted by Crippen LogP contribution is 2.14. The van der Waals surface area contributed by atoms with Gasteiger partial charge in [-0.15, -0.1) is 0 Å². The van der Waals surface area contributed by atoms with Crippen molar-refractivity contribution in [2.45, 2.75) is 45.2 Å². The van der Waals surface area contributed by atoms with Gasteiger partial charge in [0.15, 0.2) is 0 Å². The summed E-state index contributed by atoms with van der Waals surface area (Å²) in [6, 6.07) is 1.48. The Morgan fingerprint density at radius 1 is 1.25 bits per heavy atom. The molecule has 0 radical (unpaired) electrons. The van der Waals surface area contributed by atoms with Gasteiger partial charge in [0.2, 0.25) is 0 Å². The van der Waals surface area contributed by atoms with Gasteiger partial charge in [-0.2, -0.15) is 0 Å². The molecule has 0 aromatic heterocycles. The first-order valence-electron chi connectivity index (χ1n) is 6.79. The minimum Gasteiger partial charge on any atom is -0.313 e. The van der Waals surface area contributed by atoms with E-state index in [4.69, 9.17) is 0 Å². The number of hydrogen-bond acceptors (Lipinski definition) is 3. The van der Waals surface area contributed by atoms with Crippen LogP contribution in [-0.2, 0) is 0 Å². The summed E-state index contributed by atoms with van der Waals surface area (Å²) in [6.07, 6.45) is 3.90. The van der Waals surface area contributed by atoms with Crippen LogP contribution in [0.2, 0.25) is 0 Å². The van der Waals surface area contributed by atoms with Gasteiger partial charge in [-0.1, -0.05) is 13.8 Å². The van der Waals surface area contributed by atoms with Crippen LogP contribution < -0.4 is 5.32 Å². The third-order valence-corrected chi connectivity index (χ3v) is 3.75. The van der Waals surface area contributed by atoms with Crippen LogP contribution in [0.4, 0.5) is 0 Å². The Morgan fingerprint density at radius 2 is 1.88 bits per heavy atom. The van der Waals surface area contributed by atoms with E-state index in [-0.39, 0.29) is 0 Å². The second-order valence-corrected chi connectivity index (χ2v) is 5.16. The van der Waals surface area contributed by atoms with E-state index in [0.717, 1.165) is 12.6 Å². The third-order valence-electron chi connectivity index (χ3n) is 3.75. The van der Waals surface area contributed by atoms with Gasteiger partial charge >= 0.3 is 0 Å². The summed E-state index contributed by atoms with van der Waals surface area (Å²) in [7, 11) is 4.40. The summed E-state index contributed by atoms with van der Waals surface area (Å²) in [5, 5.41) is 3.56. The van der Waals surface area contributed by atoms with Crippen molar-refractivity contribution in [3.63, 3.8) is 0 Å². The molecule has 1 unspecified atom stereocenters. The van der Waals surface area contributed by atoms with Crippen LogP contribution in [0.1, 0.15) is 33.1 Å². The zero-order valence-corrected chi connectivity index (χ0v) is 11.5. The van der Waals surface area contributed by atoms with Crippen LogP contribution in [0.25, 0.3) is 0 Å². The molecule has 0 spiro atoms. The molecule has 1 saturated heterocycles. The van der Waals surface area contributed by atoms with Gasteiger partial charge in [-0.3, -0.25) is 0 Å². The Balaban J connectivity index is 2.25. The standard InChI is InChI=1S/C13H29N3/c1-5-12(14-6-2)11-16-9-7-13(8-10-16)15(3)4/h12-14H,5-11H2,1-4H3. The average molecular weight is 227 g/mol. The predicted molar refractivity (Wildman–Crippen MR) is 70.9 cm³/mol. The van der Waals surface area contributed by atoms with Gasteiger partial charge in [-0.05, 0) is 53.0 Å². The molecule has 1 atom stereocenters. The maximum Gasteiger partial charge on any atom is 0.0192 e. The lowest BCUT2D eigenvalue weighted by Crippen LogP contribution is -2.47. The second kappa shape index (κ2) is 7.25. The monoisotopic (exact) mass is 227 g/mol. The van der Waals surface area contributed by atoms with Crippen LogP contribution in [0.5, 0.6) is 0 Å². The zero-order chi connectivity index (χ0) is 12.0. The summed E-state index contributed by atoms with van der Waals surface area (Å²) in [5.74, 6) is 0. The molecule has 1 aliphatic heterocycles. The van der Waals surface area contributed by atoms with Crippen LogP contribution in [0.3, 0.4) is 0 Å². The largest absolute Gasteiger partial charge is 0.313 e. The lowest BCUT2D eigenvalue weighted by molar-refractivity contribution is 0.134. The Labute approximate surface area is 101 Å². The highest BCUT2D eigenvalue weighted by Gasteiger charge is 2.21.